The Bertz CT molecular complexity index is 1810. The molecule has 0 unspecified atom stereocenters. The lowest BCUT2D eigenvalue weighted by molar-refractivity contribution is -0.185. The third-order valence-electron chi connectivity index (χ3n) is 7.02. The molecule has 0 heterocycles. The minimum absolute atomic E-state index is 0.0745. The molecule has 0 bridgehead atoms. The third kappa shape index (κ3) is 5.26. The van der Waals surface area contributed by atoms with Crippen molar-refractivity contribution in [3.05, 3.63) is 113 Å². The lowest BCUT2D eigenvalue weighted by atomic mass is 9.96. The van der Waals surface area contributed by atoms with Gasteiger partial charge in [0, 0.05) is 11.6 Å². The Morgan fingerprint density at radius 3 is 2.00 bits per heavy atom. The van der Waals surface area contributed by atoms with E-state index in [1.807, 2.05) is 6.92 Å². The number of ether oxygens (including phenoxy) is 1. The molecule has 0 aromatic heterocycles. The first-order chi connectivity index (χ1) is 19.9. The van der Waals surface area contributed by atoms with Gasteiger partial charge < -0.3 is 4.74 Å². The van der Waals surface area contributed by atoms with Crippen LogP contribution in [0.5, 0.6) is 5.75 Å². The van der Waals surface area contributed by atoms with Crippen molar-refractivity contribution >= 4 is 21.5 Å². The first-order valence-electron chi connectivity index (χ1n) is 13.0. The second kappa shape index (κ2) is 11.2. The molecule has 1 nitrogen and oxygen atoms in total. The molecule has 0 saturated carbocycles. The maximum atomic E-state index is 15.4. The highest BCUT2D eigenvalue weighted by atomic mass is 19.3. The van der Waals surface area contributed by atoms with E-state index < -0.39 is 74.3 Å². The Morgan fingerprint density at radius 2 is 1.31 bits per heavy atom. The van der Waals surface area contributed by atoms with Gasteiger partial charge in [-0.3, -0.25) is 0 Å². The van der Waals surface area contributed by atoms with E-state index in [2.05, 4.69) is 4.74 Å². The van der Waals surface area contributed by atoms with E-state index in [1.54, 1.807) is 0 Å². The highest BCUT2D eigenvalue weighted by Crippen LogP contribution is 2.38. The van der Waals surface area contributed by atoms with Crippen LogP contribution in [0.1, 0.15) is 37.3 Å². The van der Waals surface area contributed by atoms with Crippen molar-refractivity contribution in [2.45, 2.75) is 38.7 Å². The molecule has 5 aromatic rings. The second-order valence-corrected chi connectivity index (χ2v) is 9.83. The molecule has 10 heteroatoms. The van der Waals surface area contributed by atoms with Crippen LogP contribution in [0.15, 0.2) is 60.7 Å². The van der Waals surface area contributed by atoms with E-state index in [9.17, 15) is 35.1 Å². The van der Waals surface area contributed by atoms with Gasteiger partial charge in [0.05, 0.1) is 16.3 Å². The fraction of sp³-hybridized carbons (Fsp3) is 0.188. The first kappa shape index (κ1) is 29.3. The molecule has 0 atom stereocenters. The molecule has 0 radical (unpaired) electrons. The molecule has 5 rings (SSSR count). The van der Waals surface area contributed by atoms with Gasteiger partial charge in [0.1, 0.15) is 17.4 Å². The lowest BCUT2D eigenvalue weighted by Crippen LogP contribution is -2.21. The number of alkyl halides is 2. The quantitative estimate of drug-likeness (QED) is 0.0990. The van der Waals surface area contributed by atoms with Crippen LogP contribution < -0.4 is 4.74 Å². The molecule has 0 fully saturated rings. The molecular formula is C32H21F9O. The van der Waals surface area contributed by atoms with Crippen LogP contribution in [0.4, 0.5) is 39.5 Å². The first-order valence-corrected chi connectivity index (χ1v) is 13.0. The van der Waals surface area contributed by atoms with Crippen molar-refractivity contribution < 1.29 is 44.3 Å². The van der Waals surface area contributed by atoms with Crippen LogP contribution in [0, 0.1) is 40.7 Å². The summed E-state index contributed by atoms with van der Waals surface area (Å²) >= 11 is 0. The van der Waals surface area contributed by atoms with Gasteiger partial charge in [0.25, 0.3) is 0 Å². The van der Waals surface area contributed by atoms with Gasteiger partial charge in [-0.05, 0) is 65.1 Å². The van der Waals surface area contributed by atoms with Crippen molar-refractivity contribution in [2.75, 3.05) is 0 Å². The zero-order valence-electron chi connectivity index (χ0n) is 21.9. The monoisotopic (exact) mass is 592 g/mol. The van der Waals surface area contributed by atoms with Gasteiger partial charge in [0.15, 0.2) is 29.1 Å². The van der Waals surface area contributed by atoms with Crippen LogP contribution in [0.25, 0.3) is 32.7 Å². The summed E-state index contributed by atoms with van der Waals surface area (Å²) in [5, 5.41) is -1.89. The van der Waals surface area contributed by atoms with Crippen molar-refractivity contribution in [1.29, 1.82) is 0 Å². The fourth-order valence-corrected chi connectivity index (χ4v) is 4.88. The van der Waals surface area contributed by atoms with Crippen molar-refractivity contribution in [1.82, 2.24) is 0 Å². The SMILES string of the molecule is CCCCCc1cc2ccc(-c3ccc(C(F)(F)Oc4cc(F)c5c(F)c(F)c(F)cc5c4)cc3)c(F)c2c(F)c1F. The van der Waals surface area contributed by atoms with Gasteiger partial charge in [-0.15, -0.1) is 0 Å². The molecule has 0 aliphatic heterocycles. The van der Waals surface area contributed by atoms with E-state index >= 15 is 4.39 Å². The molecule has 0 saturated heterocycles. The van der Waals surface area contributed by atoms with Crippen LogP contribution in [-0.4, -0.2) is 0 Å². The predicted molar refractivity (Wildman–Crippen MR) is 141 cm³/mol. The van der Waals surface area contributed by atoms with Crippen LogP contribution >= 0.6 is 0 Å². The third-order valence-corrected chi connectivity index (χ3v) is 7.02. The molecule has 218 valence electrons. The topological polar surface area (TPSA) is 9.23 Å². The van der Waals surface area contributed by atoms with Gasteiger partial charge in [0.2, 0.25) is 0 Å². The summed E-state index contributed by atoms with van der Waals surface area (Å²) in [4.78, 5) is 0. The summed E-state index contributed by atoms with van der Waals surface area (Å²) in [5.41, 5.74) is -0.701. The maximum Gasteiger partial charge on any atom is 0.426 e. The minimum atomic E-state index is -4.10. The van der Waals surface area contributed by atoms with Gasteiger partial charge in [-0.2, -0.15) is 8.78 Å². The summed E-state index contributed by atoms with van der Waals surface area (Å²) < 4.78 is 135. The van der Waals surface area contributed by atoms with Gasteiger partial charge >= 0.3 is 6.11 Å². The summed E-state index contributed by atoms with van der Waals surface area (Å²) in [6.07, 6.45) is -1.44. The normalized spacial score (nSPS) is 12.0. The standard InChI is InChI=1S/C32H21F9O/c1-2-3-4-5-18-12-17-8-11-22(28(36)26(17)31(39)27(18)35)16-6-9-20(10-7-16)32(40,41)42-21-13-19-14-24(34)29(37)30(38)25(19)23(33)15-21/h6-15H,2-5H2,1H3. The number of hydrogen-bond acceptors (Lipinski definition) is 1. The Morgan fingerprint density at radius 1 is 0.619 bits per heavy atom. The van der Waals surface area contributed by atoms with Crippen molar-refractivity contribution in [2.24, 2.45) is 0 Å². The van der Waals surface area contributed by atoms with Gasteiger partial charge in [-0.25, -0.2) is 30.7 Å². The highest BCUT2D eigenvalue weighted by Gasteiger charge is 2.35. The molecule has 0 aliphatic rings. The van der Waals surface area contributed by atoms with E-state index in [-0.39, 0.29) is 22.1 Å². The highest BCUT2D eigenvalue weighted by molar-refractivity contribution is 5.89. The number of aryl methyl sites for hydroxylation is 1. The molecular weight excluding hydrogens is 571 g/mol. The second-order valence-electron chi connectivity index (χ2n) is 9.83. The van der Waals surface area contributed by atoms with Crippen molar-refractivity contribution in [3.63, 3.8) is 0 Å². The van der Waals surface area contributed by atoms with Crippen molar-refractivity contribution in [3.8, 4) is 16.9 Å². The van der Waals surface area contributed by atoms with E-state index in [4.69, 9.17) is 0 Å². The molecule has 0 aliphatic carbocycles. The number of benzene rings is 5. The van der Waals surface area contributed by atoms with E-state index in [0.29, 0.717) is 25.0 Å². The lowest BCUT2D eigenvalue weighted by Gasteiger charge is -2.19. The molecule has 0 spiro atoms. The minimum Gasteiger partial charge on any atom is -0.429 e. The van der Waals surface area contributed by atoms with Crippen LogP contribution in [0.3, 0.4) is 0 Å². The number of halogens is 9. The maximum absolute atomic E-state index is 15.4. The smallest absolute Gasteiger partial charge is 0.426 e. The largest absolute Gasteiger partial charge is 0.429 e. The predicted octanol–water partition coefficient (Wildman–Crippen LogP) is 10.5. The summed E-state index contributed by atoms with van der Waals surface area (Å²) in [6, 6.07) is 9.69. The average Bonchev–Trinajstić information content (AvgIpc) is 2.94. The Labute approximate surface area is 234 Å². The number of hydrogen-bond donors (Lipinski definition) is 0. The number of unbranched alkanes of at least 4 members (excludes halogenated alkanes) is 2. The number of rotatable bonds is 8. The summed E-state index contributed by atoms with van der Waals surface area (Å²) in [6.45, 7) is 1.97. The van der Waals surface area contributed by atoms with E-state index in [1.165, 1.54) is 18.2 Å². The molecule has 0 amide bonds. The molecule has 5 aromatic carbocycles. The Hall–Kier alpha value is -4.21. The summed E-state index contributed by atoms with van der Waals surface area (Å²) in [7, 11) is 0. The van der Waals surface area contributed by atoms with E-state index in [0.717, 1.165) is 43.2 Å². The zero-order valence-corrected chi connectivity index (χ0v) is 21.9. The Kier molecular flexibility index (Phi) is 7.83. The Balaban J connectivity index is 1.44. The number of fused-ring (bicyclic) bond motifs is 2. The summed E-state index contributed by atoms with van der Waals surface area (Å²) in [5.74, 6) is -11.2. The van der Waals surface area contributed by atoms with Crippen LogP contribution in [0.2, 0.25) is 0 Å². The zero-order chi connectivity index (χ0) is 30.3. The molecule has 42 heavy (non-hydrogen) atoms. The van der Waals surface area contributed by atoms with Gasteiger partial charge in [-0.1, -0.05) is 44.0 Å². The molecule has 0 N–H and O–H groups in total. The fourth-order valence-electron chi connectivity index (χ4n) is 4.88. The van der Waals surface area contributed by atoms with Crippen LogP contribution in [-0.2, 0) is 12.5 Å². The average molecular weight is 593 g/mol.